The summed E-state index contributed by atoms with van der Waals surface area (Å²) in [5.74, 6) is 0.705. The molecule has 0 fully saturated rings. The number of nitrogens with zero attached hydrogens (tertiary/aromatic N) is 2. The number of hydrogen-bond acceptors (Lipinski definition) is 4. The number of phenolic OH excluding ortho intramolecular Hbond substituents is 1. The Morgan fingerprint density at radius 1 is 1.00 bits per heavy atom. The van der Waals surface area contributed by atoms with Gasteiger partial charge in [0.2, 0.25) is 5.89 Å². The molecule has 4 aromatic rings. The van der Waals surface area contributed by atoms with Crippen molar-refractivity contribution in [3.8, 4) is 17.2 Å². The fourth-order valence-electron chi connectivity index (χ4n) is 2.48. The lowest BCUT2D eigenvalue weighted by Gasteiger charge is -1.97. The third-order valence-corrected chi connectivity index (χ3v) is 3.97. The summed E-state index contributed by atoms with van der Waals surface area (Å²) in [7, 11) is 0. The molecule has 0 radical (unpaired) electrons. The molecule has 4 rings (SSSR count). The highest BCUT2D eigenvalue weighted by atomic mass is 35.5. The highest BCUT2D eigenvalue weighted by Crippen LogP contribution is 2.28. The Morgan fingerprint density at radius 2 is 1.88 bits per heavy atom. The second kappa shape index (κ2) is 6.42. The highest BCUT2D eigenvalue weighted by Gasteiger charge is 2.09. The highest BCUT2D eigenvalue weighted by molar-refractivity contribution is 6.30. The first kappa shape index (κ1) is 15.4. The Bertz CT molecular complexity index is 1090. The van der Waals surface area contributed by atoms with Crippen LogP contribution in [0.15, 0.2) is 76.1 Å². The van der Waals surface area contributed by atoms with Gasteiger partial charge in [0.25, 0.3) is 0 Å². The van der Waals surface area contributed by atoms with Gasteiger partial charge in [-0.25, -0.2) is 4.98 Å². The Hall–Kier alpha value is -3.11. The molecule has 0 unspecified atom stereocenters. The van der Waals surface area contributed by atoms with Gasteiger partial charge in [-0.3, -0.25) is 4.99 Å². The van der Waals surface area contributed by atoms with Crippen molar-refractivity contribution in [3.05, 3.63) is 77.3 Å². The van der Waals surface area contributed by atoms with Gasteiger partial charge in [0, 0.05) is 22.4 Å². The molecule has 0 saturated heterocycles. The molecule has 0 atom stereocenters. The van der Waals surface area contributed by atoms with E-state index in [0.29, 0.717) is 27.6 Å². The molecule has 25 heavy (non-hydrogen) atoms. The Kier molecular flexibility index (Phi) is 3.96. The van der Waals surface area contributed by atoms with Crippen LogP contribution in [0.3, 0.4) is 0 Å². The van der Waals surface area contributed by atoms with Crippen LogP contribution in [-0.2, 0) is 0 Å². The van der Waals surface area contributed by atoms with E-state index < -0.39 is 0 Å². The number of para-hydroxylation sites is 1. The van der Waals surface area contributed by atoms with Crippen molar-refractivity contribution in [2.75, 3.05) is 0 Å². The zero-order chi connectivity index (χ0) is 17.2. The van der Waals surface area contributed by atoms with Crippen LogP contribution in [0.4, 0.5) is 5.69 Å². The summed E-state index contributed by atoms with van der Waals surface area (Å²) >= 11 is 6.02. The topological polar surface area (TPSA) is 58.6 Å². The van der Waals surface area contributed by atoms with Crippen LogP contribution in [0, 0.1) is 0 Å². The van der Waals surface area contributed by atoms with Gasteiger partial charge in [-0.15, -0.1) is 0 Å². The first-order valence-corrected chi connectivity index (χ1v) is 8.05. The number of oxazole rings is 1. The first-order valence-electron chi connectivity index (χ1n) is 7.68. The molecule has 0 saturated carbocycles. The fourth-order valence-corrected chi connectivity index (χ4v) is 2.67. The molecular formula is C20H13ClN2O2. The molecule has 122 valence electrons. The number of fused-ring (bicyclic) bond motifs is 1. The summed E-state index contributed by atoms with van der Waals surface area (Å²) in [6, 6.07) is 19.9. The molecule has 1 N–H and O–H groups in total. The maximum Gasteiger partial charge on any atom is 0.227 e. The van der Waals surface area contributed by atoms with Gasteiger partial charge in [-0.2, -0.15) is 0 Å². The Labute approximate surface area is 149 Å². The molecule has 0 amide bonds. The molecule has 1 heterocycles. The predicted octanol–water partition coefficient (Wildman–Crippen LogP) is 5.60. The minimum atomic E-state index is 0.192. The lowest BCUT2D eigenvalue weighted by Crippen LogP contribution is -1.80. The number of aliphatic imine (C=N–C) groups is 1. The van der Waals surface area contributed by atoms with Crippen molar-refractivity contribution >= 4 is 34.6 Å². The van der Waals surface area contributed by atoms with Crippen LogP contribution in [0.1, 0.15) is 5.56 Å². The summed E-state index contributed by atoms with van der Waals surface area (Å²) in [6.45, 7) is 0. The van der Waals surface area contributed by atoms with Crippen molar-refractivity contribution < 1.29 is 9.52 Å². The maximum absolute atomic E-state index is 9.78. The van der Waals surface area contributed by atoms with Crippen LogP contribution in [-0.4, -0.2) is 16.3 Å². The zero-order valence-corrected chi connectivity index (χ0v) is 13.8. The van der Waals surface area contributed by atoms with Crippen LogP contribution in [0.25, 0.3) is 22.6 Å². The molecule has 4 nitrogen and oxygen atoms in total. The standard InChI is InChI=1S/C20H13ClN2O2/c21-15-6-3-5-13(10-15)20-23-17-11-16(8-9-19(17)25-20)22-12-14-4-1-2-7-18(14)24/h1-12,24H. The van der Waals surface area contributed by atoms with Crippen molar-refractivity contribution in [2.45, 2.75) is 0 Å². The lowest BCUT2D eigenvalue weighted by molar-refractivity contribution is 0.474. The summed E-state index contributed by atoms with van der Waals surface area (Å²) in [4.78, 5) is 8.90. The second-order valence-corrected chi connectivity index (χ2v) is 5.93. The molecule has 0 bridgehead atoms. The minimum Gasteiger partial charge on any atom is -0.507 e. The molecular weight excluding hydrogens is 336 g/mol. The van der Waals surface area contributed by atoms with E-state index in [1.807, 2.05) is 42.5 Å². The first-order chi connectivity index (χ1) is 12.2. The number of benzene rings is 3. The summed E-state index contributed by atoms with van der Waals surface area (Å²) < 4.78 is 5.78. The molecule has 1 aromatic heterocycles. The van der Waals surface area contributed by atoms with Gasteiger partial charge in [0.15, 0.2) is 5.58 Å². The molecule has 0 aliphatic carbocycles. The van der Waals surface area contributed by atoms with Crippen molar-refractivity contribution in [2.24, 2.45) is 4.99 Å². The number of rotatable bonds is 3. The maximum atomic E-state index is 9.78. The SMILES string of the molecule is Oc1ccccc1C=Nc1ccc2oc(-c3cccc(Cl)c3)nc2c1. The molecule has 0 aliphatic heterocycles. The van der Waals surface area contributed by atoms with E-state index >= 15 is 0 Å². The summed E-state index contributed by atoms with van der Waals surface area (Å²) in [5.41, 5.74) is 3.59. The van der Waals surface area contributed by atoms with Gasteiger partial charge in [0.05, 0.1) is 5.69 Å². The smallest absolute Gasteiger partial charge is 0.227 e. The average Bonchev–Trinajstić information content (AvgIpc) is 3.04. The van der Waals surface area contributed by atoms with E-state index in [-0.39, 0.29) is 5.75 Å². The summed E-state index contributed by atoms with van der Waals surface area (Å²) in [6.07, 6.45) is 1.62. The monoisotopic (exact) mass is 348 g/mol. The Morgan fingerprint density at radius 3 is 2.72 bits per heavy atom. The van der Waals surface area contributed by atoms with E-state index in [9.17, 15) is 5.11 Å². The van der Waals surface area contributed by atoms with Crippen LogP contribution < -0.4 is 0 Å². The summed E-state index contributed by atoms with van der Waals surface area (Å²) in [5, 5.41) is 10.4. The molecule has 0 aliphatic rings. The van der Waals surface area contributed by atoms with Crippen molar-refractivity contribution in [1.29, 1.82) is 0 Å². The normalized spacial score (nSPS) is 11.4. The fraction of sp³-hybridized carbons (Fsp3) is 0. The number of aromatic hydroxyl groups is 1. The lowest BCUT2D eigenvalue weighted by atomic mass is 10.2. The number of hydrogen-bond donors (Lipinski definition) is 1. The van der Waals surface area contributed by atoms with E-state index in [2.05, 4.69) is 9.98 Å². The van der Waals surface area contributed by atoms with Crippen LogP contribution in [0.2, 0.25) is 5.02 Å². The van der Waals surface area contributed by atoms with E-state index in [4.69, 9.17) is 16.0 Å². The third-order valence-electron chi connectivity index (χ3n) is 3.73. The second-order valence-electron chi connectivity index (χ2n) is 5.50. The average molecular weight is 349 g/mol. The molecule has 0 spiro atoms. The Balaban J connectivity index is 1.68. The van der Waals surface area contributed by atoms with Gasteiger partial charge < -0.3 is 9.52 Å². The zero-order valence-electron chi connectivity index (χ0n) is 13.1. The number of aromatic nitrogens is 1. The van der Waals surface area contributed by atoms with Crippen molar-refractivity contribution in [3.63, 3.8) is 0 Å². The quantitative estimate of drug-likeness (QED) is 0.490. The van der Waals surface area contributed by atoms with Crippen LogP contribution >= 0.6 is 11.6 Å². The van der Waals surface area contributed by atoms with E-state index in [0.717, 1.165) is 11.3 Å². The van der Waals surface area contributed by atoms with Crippen molar-refractivity contribution in [1.82, 2.24) is 4.98 Å². The van der Waals surface area contributed by atoms with Gasteiger partial charge in [-0.1, -0.05) is 29.8 Å². The minimum absolute atomic E-state index is 0.192. The van der Waals surface area contributed by atoms with E-state index in [1.54, 1.807) is 30.5 Å². The number of phenols is 1. The van der Waals surface area contributed by atoms with E-state index in [1.165, 1.54) is 0 Å². The molecule has 3 aromatic carbocycles. The van der Waals surface area contributed by atoms with Gasteiger partial charge in [-0.05, 0) is 48.5 Å². The third kappa shape index (κ3) is 3.25. The largest absolute Gasteiger partial charge is 0.507 e. The van der Waals surface area contributed by atoms with Gasteiger partial charge in [0.1, 0.15) is 11.3 Å². The predicted molar refractivity (Wildman–Crippen MR) is 99.8 cm³/mol. The van der Waals surface area contributed by atoms with Gasteiger partial charge >= 0.3 is 0 Å². The number of halogens is 1. The molecule has 5 heteroatoms. The van der Waals surface area contributed by atoms with Crippen LogP contribution in [0.5, 0.6) is 5.75 Å².